The summed E-state index contributed by atoms with van der Waals surface area (Å²) in [5, 5.41) is 2.94. The molecule has 0 atom stereocenters. The number of rotatable bonds is 7. The highest BCUT2D eigenvalue weighted by Gasteiger charge is 2.05. The Morgan fingerprint density at radius 1 is 1.14 bits per heavy atom. The van der Waals surface area contributed by atoms with Gasteiger partial charge in [-0.2, -0.15) is 0 Å². The predicted octanol–water partition coefficient (Wildman–Crippen LogP) is 2.73. The highest BCUT2D eigenvalue weighted by Crippen LogP contribution is 2.12. The van der Waals surface area contributed by atoms with E-state index in [1.807, 2.05) is 18.2 Å². The highest BCUT2D eigenvalue weighted by atomic mass is 16.1. The third-order valence-electron chi connectivity index (χ3n) is 3.34. The monoisotopic (exact) mass is 283 g/mol. The van der Waals surface area contributed by atoms with Gasteiger partial charge >= 0.3 is 0 Å². The van der Waals surface area contributed by atoms with Crippen LogP contribution in [-0.4, -0.2) is 30.5 Å². The van der Waals surface area contributed by atoms with Crippen LogP contribution in [-0.2, 0) is 0 Å². The number of amides is 1. The van der Waals surface area contributed by atoms with Crippen LogP contribution in [0.4, 0.5) is 5.69 Å². The van der Waals surface area contributed by atoms with E-state index < -0.39 is 0 Å². The molecule has 2 aromatic rings. The van der Waals surface area contributed by atoms with Crippen molar-refractivity contribution in [2.24, 2.45) is 0 Å². The molecule has 0 saturated carbocycles. The van der Waals surface area contributed by atoms with Gasteiger partial charge in [-0.05, 0) is 37.6 Å². The van der Waals surface area contributed by atoms with Gasteiger partial charge in [0.1, 0.15) is 0 Å². The van der Waals surface area contributed by atoms with Crippen molar-refractivity contribution >= 4 is 11.6 Å². The topological polar surface area (TPSA) is 45.2 Å². The number of carbonyl (C=O) groups is 1. The van der Waals surface area contributed by atoms with Crippen LogP contribution < -0.4 is 10.2 Å². The summed E-state index contributed by atoms with van der Waals surface area (Å²) in [4.78, 5) is 18.1. The Balaban J connectivity index is 1.75. The molecule has 0 spiro atoms. The number of aromatic nitrogens is 1. The molecule has 0 aliphatic heterocycles. The molecule has 1 aromatic heterocycles. The van der Waals surface area contributed by atoms with Crippen LogP contribution >= 0.6 is 0 Å². The van der Waals surface area contributed by atoms with Gasteiger partial charge in [-0.25, -0.2) is 0 Å². The zero-order valence-corrected chi connectivity index (χ0v) is 12.3. The van der Waals surface area contributed by atoms with E-state index in [1.54, 1.807) is 24.5 Å². The van der Waals surface area contributed by atoms with Crippen molar-refractivity contribution < 1.29 is 4.79 Å². The highest BCUT2D eigenvalue weighted by molar-refractivity contribution is 5.93. The van der Waals surface area contributed by atoms with Crippen LogP contribution in [0.1, 0.15) is 23.7 Å². The lowest BCUT2D eigenvalue weighted by Gasteiger charge is -2.23. The first-order valence-electron chi connectivity index (χ1n) is 7.29. The van der Waals surface area contributed by atoms with Crippen LogP contribution in [0, 0.1) is 0 Å². The lowest BCUT2D eigenvalue weighted by molar-refractivity contribution is 0.0953. The zero-order valence-electron chi connectivity index (χ0n) is 12.3. The molecule has 110 valence electrons. The molecule has 4 nitrogen and oxygen atoms in total. The zero-order chi connectivity index (χ0) is 14.9. The second kappa shape index (κ2) is 8.04. The molecule has 2 rings (SSSR count). The fourth-order valence-electron chi connectivity index (χ4n) is 2.19. The molecule has 0 aliphatic rings. The molecule has 1 amide bonds. The Morgan fingerprint density at radius 2 is 1.86 bits per heavy atom. The van der Waals surface area contributed by atoms with Gasteiger partial charge < -0.3 is 10.2 Å². The van der Waals surface area contributed by atoms with E-state index >= 15 is 0 Å². The Morgan fingerprint density at radius 3 is 2.52 bits per heavy atom. The summed E-state index contributed by atoms with van der Waals surface area (Å²) >= 11 is 0. The largest absolute Gasteiger partial charge is 0.372 e. The van der Waals surface area contributed by atoms with Crippen LogP contribution in [0.15, 0.2) is 54.9 Å². The quantitative estimate of drug-likeness (QED) is 0.795. The fourth-order valence-corrected chi connectivity index (χ4v) is 2.19. The van der Waals surface area contributed by atoms with Gasteiger partial charge in [-0.3, -0.25) is 9.78 Å². The number of anilines is 1. The van der Waals surface area contributed by atoms with Crippen molar-refractivity contribution in [3.05, 3.63) is 60.4 Å². The number of pyridine rings is 1. The molecule has 4 heteroatoms. The van der Waals surface area contributed by atoms with Crippen molar-refractivity contribution in [1.82, 2.24) is 10.3 Å². The molecule has 0 aliphatic carbocycles. The lowest BCUT2D eigenvalue weighted by Crippen LogP contribution is -2.29. The van der Waals surface area contributed by atoms with Crippen LogP contribution in [0.5, 0.6) is 0 Å². The normalized spacial score (nSPS) is 10.1. The maximum absolute atomic E-state index is 11.9. The van der Waals surface area contributed by atoms with Gasteiger partial charge in [0.15, 0.2) is 0 Å². The lowest BCUT2D eigenvalue weighted by atomic mass is 10.2. The van der Waals surface area contributed by atoms with E-state index in [4.69, 9.17) is 0 Å². The van der Waals surface area contributed by atoms with Crippen molar-refractivity contribution in [2.75, 3.05) is 24.5 Å². The smallest absolute Gasteiger partial charge is 0.251 e. The van der Waals surface area contributed by atoms with Crippen LogP contribution in [0.2, 0.25) is 0 Å². The first kappa shape index (κ1) is 15.0. The van der Waals surface area contributed by atoms with Crippen molar-refractivity contribution in [2.45, 2.75) is 13.3 Å². The molecule has 0 fully saturated rings. The van der Waals surface area contributed by atoms with E-state index in [0.717, 1.165) is 19.5 Å². The average molecular weight is 283 g/mol. The summed E-state index contributed by atoms with van der Waals surface area (Å²) in [6.45, 7) is 4.70. The first-order valence-corrected chi connectivity index (χ1v) is 7.29. The summed E-state index contributed by atoms with van der Waals surface area (Å²) in [6, 6.07) is 13.8. The number of nitrogens with one attached hydrogen (secondary N) is 1. The van der Waals surface area contributed by atoms with Gasteiger partial charge in [0, 0.05) is 43.3 Å². The molecular weight excluding hydrogens is 262 g/mol. The number of carbonyl (C=O) groups excluding carboxylic acids is 1. The number of benzene rings is 1. The molecule has 0 bridgehead atoms. The molecule has 1 heterocycles. The van der Waals surface area contributed by atoms with Crippen molar-refractivity contribution in [3.8, 4) is 0 Å². The number of hydrogen-bond donors (Lipinski definition) is 1. The maximum Gasteiger partial charge on any atom is 0.251 e. The Hall–Kier alpha value is -2.36. The van der Waals surface area contributed by atoms with Gasteiger partial charge in [0.05, 0.1) is 0 Å². The Kier molecular flexibility index (Phi) is 5.76. The molecule has 0 unspecified atom stereocenters. The first-order chi connectivity index (χ1) is 10.3. The second-order valence-electron chi connectivity index (χ2n) is 4.76. The van der Waals surface area contributed by atoms with E-state index in [0.29, 0.717) is 12.1 Å². The average Bonchev–Trinajstić information content (AvgIpc) is 2.56. The van der Waals surface area contributed by atoms with Crippen molar-refractivity contribution in [3.63, 3.8) is 0 Å². The van der Waals surface area contributed by atoms with Gasteiger partial charge in [-0.15, -0.1) is 0 Å². The molecule has 1 aromatic carbocycles. The summed E-state index contributed by atoms with van der Waals surface area (Å²) in [5.74, 6) is -0.0415. The van der Waals surface area contributed by atoms with E-state index in [2.05, 4.69) is 34.3 Å². The molecule has 0 radical (unpaired) electrons. The number of para-hydroxylation sites is 1. The molecule has 1 N–H and O–H groups in total. The summed E-state index contributed by atoms with van der Waals surface area (Å²) in [6.07, 6.45) is 4.17. The number of nitrogens with zero attached hydrogens (tertiary/aromatic N) is 2. The van der Waals surface area contributed by atoms with Gasteiger partial charge in [0.2, 0.25) is 0 Å². The molecule has 0 saturated heterocycles. The molecule has 21 heavy (non-hydrogen) atoms. The van der Waals surface area contributed by atoms with Crippen LogP contribution in [0.3, 0.4) is 0 Å². The van der Waals surface area contributed by atoms with Crippen molar-refractivity contribution in [1.29, 1.82) is 0 Å². The summed E-state index contributed by atoms with van der Waals surface area (Å²) in [7, 11) is 0. The third-order valence-corrected chi connectivity index (χ3v) is 3.34. The fraction of sp³-hybridized carbons (Fsp3) is 0.294. The minimum Gasteiger partial charge on any atom is -0.372 e. The van der Waals surface area contributed by atoms with E-state index in [9.17, 15) is 4.79 Å². The number of hydrogen-bond acceptors (Lipinski definition) is 3. The third kappa shape index (κ3) is 4.60. The summed E-state index contributed by atoms with van der Waals surface area (Å²) in [5.41, 5.74) is 1.88. The van der Waals surface area contributed by atoms with Gasteiger partial charge in [-0.1, -0.05) is 18.2 Å². The predicted molar refractivity (Wildman–Crippen MR) is 85.5 cm³/mol. The SMILES string of the molecule is CCN(CCCNC(=O)c1ccncc1)c1ccccc1. The van der Waals surface area contributed by atoms with Gasteiger partial charge in [0.25, 0.3) is 5.91 Å². The van der Waals surface area contributed by atoms with E-state index in [1.165, 1.54) is 5.69 Å². The second-order valence-corrected chi connectivity index (χ2v) is 4.76. The standard InChI is InChI=1S/C17H21N3O/c1-2-20(16-7-4-3-5-8-16)14-6-11-19-17(21)15-9-12-18-13-10-15/h3-5,7-10,12-13H,2,6,11,14H2,1H3,(H,19,21). The van der Waals surface area contributed by atoms with E-state index in [-0.39, 0.29) is 5.91 Å². The summed E-state index contributed by atoms with van der Waals surface area (Å²) < 4.78 is 0. The Labute approximate surface area is 125 Å². The minimum atomic E-state index is -0.0415. The molecular formula is C17H21N3O. The Bertz CT molecular complexity index is 542. The van der Waals surface area contributed by atoms with Crippen LogP contribution in [0.25, 0.3) is 0 Å². The maximum atomic E-state index is 11.9. The minimum absolute atomic E-state index is 0.0415.